The first-order valence-electron chi connectivity index (χ1n) is 8.36. The lowest BCUT2D eigenvalue weighted by Crippen LogP contribution is -2.06. The Kier molecular flexibility index (Phi) is 4.11. The summed E-state index contributed by atoms with van der Waals surface area (Å²) in [5, 5.41) is 4.76. The Balaban J connectivity index is 1.81. The van der Waals surface area contributed by atoms with Crippen molar-refractivity contribution in [3.05, 3.63) is 48.3 Å². The molecule has 4 rings (SSSR count). The van der Waals surface area contributed by atoms with E-state index in [9.17, 15) is 0 Å². The fourth-order valence-corrected chi connectivity index (χ4v) is 2.93. The molecule has 0 spiro atoms. The zero-order valence-electron chi connectivity index (χ0n) is 14.1. The minimum absolute atomic E-state index is 0.265. The first-order valence-corrected chi connectivity index (χ1v) is 8.36. The van der Waals surface area contributed by atoms with Crippen LogP contribution in [0.3, 0.4) is 0 Å². The zero-order chi connectivity index (χ0) is 17.2. The Bertz CT molecular complexity index is 904. The van der Waals surface area contributed by atoms with Crippen LogP contribution in [0.2, 0.25) is 0 Å². The van der Waals surface area contributed by atoms with Gasteiger partial charge in [-0.2, -0.15) is 5.10 Å². The van der Waals surface area contributed by atoms with Crippen molar-refractivity contribution in [1.29, 1.82) is 0 Å². The molecule has 0 fully saturated rings. The number of benzene rings is 1. The van der Waals surface area contributed by atoms with Crippen molar-refractivity contribution >= 4 is 0 Å². The van der Waals surface area contributed by atoms with E-state index in [4.69, 9.17) is 20.3 Å². The van der Waals surface area contributed by atoms with Crippen LogP contribution in [0, 0.1) is 6.92 Å². The molecule has 1 aliphatic rings. The van der Waals surface area contributed by atoms with Gasteiger partial charge in [0, 0.05) is 24.0 Å². The van der Waals surface area contributed by atoms with Gasteiger partial charge >= 0.3 is 0 Å². The molecule has 0 saturated carbocycles. The number of hydrogen-bond acceptors (Lipinski definition) is 5. The number of pyridine rings is 1. The van der Waals surface area contributed by atoms with Crippen molar-refractivity contribution in [2.24, 2.45) is 5.73 Å². The topological polar surface area (TPSA) is 75.2 Å². The summed E-state index contributed by atoms with van der Waals surface area (Å²) < 4.78 is 12.9. The fourth-order valence-electron chi connectivity index (χ4n) is 2.93. The Morgan fingerprint density at radius 1 is 1.16 bits per heavy atom. The molecule has 1 aromatic carbocycles. The zero-order valence-corrected chi connectivity index (χ0v) is 14.1. The van der Waals surface area contributed by atoms with E-state index >= 15 is 0 Å². The van der Waals surface area contributed by atoms with Crippen LogP contribution >= 0.6 is 0 Å². The van der Waals surface area contributed by atoms with Crippen LogP contribution in [-0.2, 0) is 6.54 Å². The summed E-state index contributed by atoms with van der Waals surface area (Å²) in [5.41, 5.74) is 10.4. The first kappa shape index (κ1) is 15.7. The molecule has 0 saturated heterocycles. The van der Waals surface area contributed by atoms with E-state index in [1.807, 2.05) is 54.2 Å². The van der Waals surface area contributed by atoms with E-state index in [1.54, 1.807) is 0 Å². The molecule has 0 amide bonds. The third kappa shape index (κ3) is 3.08. The van der Waals surface area contributed by atoms with Crippen LogP contribution in [0.4, 0.5) is 0 Å². The van der Waals surface area contributed by atoms with E-state index in [0.29, 0.717) is 6.54 Å². The molecule has 25 heavy (non-hydrogen) atoms. The highest BCUT2D eigenvalue weighted by Crippen LogP contribution is 2.38. The molecular formula is C19H20N4O2. The summed E-state index contributed by atoms with van der Waals surface area (Å²) >= 11 is 0. The highest BCUT2D eigenvalue weighted by molar-refractivity contribution is 5.80. The Labute approximate surface area is 146 Å². The molecule has 128 valence electrons. The van der Waals surface area contributed by atoms with Crippen LogP contribution in [-0.4, -0.2) is 28.1 Å². The van der Waals surface area contributed by atoms with Gasteiger partial charge in [0.1, 0.15) is 5.69 Å². The minimum atomic E-state index is 0.265. The van der Waals surface area contributed by atoms with Gasteiger partial charge in [-0.3, -0.25) is 9.67 Å². The summed E-state index contributed by atoms with van der Waals surface area (Å²) in [4.78, 5) is 4.64. The van der Waals surface area contributed by atoms with Gasteiger partial charge in [-0.05, 0) is 49.7 Å². The average molecular weight is 336 g/mol. The molecule has 0 bridgehead atoms. The summed E-state index contributed by atoms with van der Waals surface area (Å²) in [6, 6.07) is 11.9. The number of aryl methyl sites for hydroxylation is 2. The molecular weight excluding hydrogens is 316 g/mol. The van der Waals surface area contributed by atoms with Crippen LogP contribution in [0.15, 0.2) is 42.6 Å². The number of hydrogen-bond donors (Lipinski definition) is 1. The maximum Gasteiger partial charge on any atom is 0.231 e. The smallest absolute Gasteiger partial charge is 0.231 e. The second-order valence-electron chi connectivity index (χ2n) is 6.03. The molecule has 0 atom stereocenters. The van der Waals surface area contributed by atoms with Crippen molar-refractivity contribution in [3.8, 4) is 34.0 Å². The van der Waals surface area contributed by atoms with Gasteiger partial charge in [0.2, 0.25) is 6.79 Å². The molecule has 2 aromatic heterocycles. The lowest BCUT2D eigenvalue weighted by atomic mass is 10.0. The molecule has 3 heterocycles. The monoisotopic (exact) mass is 336 g/mol. The third-order valence-electron chi connectivity index (χ3n) is 4.17. The minimum Gasteiger partial charge on any atom is -0.454 e. The second-order valence-corrected chi connectivity index (χ2v) is 6.03. The van der Waals surface area contributed by atoms with E-state index in [2.05, 4.69) is 4.98 Å². The third-order valence-corrected chi connectivity index (χ3v) is 4.17. The van der Waals surface area contributed by atoms with E-state index < -0.39 is 0 Å². The highest BCUT2D eigenvalue weighted by atomic mass is 16.7. The van der Waals surface area contributed by atoms with Gasteiger partial charge in [-0.1, -0.05) is 12.1 Å². The Hall–Kier alpha value is -2.86. The Morgan fingerprint density at radius 3 is 2.88 bits per heavy atom. The second kappa shape index (κ2) is 6.57. The van der Waals surface area contributed by atoms with E-state index in [-0.39, 0.29) is 6.79 Å². The average Bonchev–Trinajstić information content (AvgIpc) is 3.26. The normalized spacial score (nSPS) is 12.6. The molecule has 0 aliphatic carbocycles. The number of nitrogens with zero attached hydrogens (tertiary/aromatic N) is 3. The lowest BCUT2D eigenvalue weighted by Gasteiger charge is -2.04. The van der Waals surface area contributed by atoms with Crippen LogP contribution in [0.25, 0.3) is 22.5 Å². The van der Waals surface area contributed by atoms with E-state index in [0.717, 1.165) is 52.7 Å². The van der Waals surface area contributed by atoms with Gasteiger partial charge in [-0.15, -0.1) is 0 Å². The standard InChI is InChI=1S/C19H20N4O2/c1-13-4-2-5-16(21-13)19-15(11-23(22-19)9-3-8-20)14-6-7-17-18(10-14)25-12-24-17/h2,4-7,10-11H,3,8-9,12,20H2,1H3. The largest absolute Gasteiger partial charge is 0.454 e. The van der Waals surface area contributed by atoms with Crippen molar-refractivity contribution in [3.63, 3.8) is 0 Å². The molecule has 2 N–H and O–H groups in total. The maximum absolute atomic E-state index is 5.64. The van der Waals surface area contributed by atoms with Crippen LogP contribution in [0.1, 0.15) is 12.1 Å². The SMILES string of the molecule is Cc1cccc(-c2nn(CCCN)cc2-c2ccc3c(c2)OCO3)n1. The lowest BCUT2D eigenvalue weighted by molar-refractivity contribution is 0.174. The maximum atomic E-state index is 5.64. The number of nitrogens with two attached hydrogens (primary N) is 1. The summed E-state index contributed by atoms with van der Waals surface area (Å²) in [6.07, 6.45) is 2.93. The molecule has 6 nitrogen and oxygen atoms in total. The molecule has 0 radical (unpaired) electrons. The summed E-state index contributed by atoms with van der Waals surface area (Å²) in [5.74, 6) is 1.53. The number of aromatic nitrogens is 3. The van der Waals surface area contributed by atoms with Gasteiger partial charge < -0.3 is 15.2 Å². The molecule has 6 heteroatoms. The first-order chi connectivity index (χ1) is 12.2. The van der Waals surface area contributed by atoms with Crippen LogP contribution in [0.5, 0.6) is 11.5 Å². The van der Waals surface area contributed by atoms with Crippen molar-refractivity contribution in [2.45, 2.75) is 19.9 Å². The molecule has 1 aliphatic heterocycles. The van der Waals surface area contributed by atoms with Crippen LogP contribution < -0.4 is 15.2 Å². The number of ether oxygens (including phenoxy) is 2. The van der Waals surface area contributed by atoms with Gasteiger partial charge in [-0.25, -0.2) is 0 Å². The molecule has 0 unspecified atom stereocenters. The quantitative estimate of drug-likeness (QED) is 0.775. The summed E-state index contributed by atoms with van der Waals surface area (Å²) in [6.45, 7) is 3.66. The van der Waals surface area contributed by atoms with Gasteiger partial charge in [0.25, 0.3) is 0 Å². The highest BCUT2D eigenvalue weighted by Gasteiger charge is 2.18. The summed E-state index contributed by atoms with van der Waals surface area (Å²) in [7, 11) is 0. The predicted molar refractivity (Wildman–Crippen MR) is 95.4 cm³/mol. The fraction of sp³-hybridized carbons (Fsp3) is 0.263. The van der Waals surface area contributed by atoms with Crippen molar-refractivity contribution in [2.75, 3.05) is 13.3 Å². The van der Waals surface area contributed by atoms with Gasteiger partial charge in [0.05, 0.1) is 5.69 Å². The Morgan fingerprint density at radius 2 is 2.04 bits per heavy atom. The molecule has 3 aromatic rings. The predicted octanol–water partition coefficient (Wildman–Crippen LogP) is 3.00. The van der Waals surface area contributed by atoms with E-state index in [1.165, 1.54) is 0 Å². The number of rotatable bonds is 5. The van der Waals surface area contributed by atoms with Crippen molar-refractivity contribution in [1.82, 2.24) is 14.8 Å². The van der Waals surface area contributed by atoms with Crippen molar-refractivity contribution < 1.29 is 9.47 Å². The number of fused-ring (bicyclic) bond motifs is 1. The van der Waals surface area contributed by atoms with Gasteiger partial charge in [0.15, 0.2) is 11.5 Å².